The highest BCUT2D eigenvalue weighted by atomic mass is 32.2. The van der Waals surface area contributed by atoms with Crippen LogP contribution in [0.3, 0.4) is 0 Å². The number of para-hydroxylation sites is 2. The third-order valence-corrected chi connectivity index (χ3v) is 5.01. The van der Waals surface area contributed by atoms with Crippen LogP contribution in [0.4, 0.5) is 4.39 Å². The second kappa shape index (κ2) is 7.70. The van der Waals surface area contributed by atoms with Gasteiger partial charge in [0.2, 0.25) is 5.91 Å². The first kappa shape index (κ1) is 17.5. The molecule has 4 nitrogen and oxygen atoms in total. The minimum absolute atomic E-state index is 0.0528. The minimum atomic E-state index is -0.289. The molecule has 0 aliphatic heterocycles. The zero-order chi connectivity index (χ0) is 17.8. The standard InChI is InChI=1S/C19H20FN3OS/c1-3-23-17-11-7-6-10-16(17)21-19(23)25-13-18(24)22(2)12-14-8-4-5-9-15(14)20/h4-11H,3,12-13H2,1-2H3. The van der Waals surface area contributed by atoms with Crippen molar-refractivity contribution < 1.29 is 9.18 Å². The van der Waals surface area contributed by atoms with Gasteiger partial charge in [-0.05, 0) is 25.1 Å². The van der Waals surface area contributed by atoms with Crippen molar-refractivity contribution in [1.29, 1.82) is 0 Å². The molecule has 1 heterocycles. The van der Waals surface area contributed by atoms with Crippen molar-refractivity contribution in [3.8, 4) is 0 Å². The summed E-state index contributed by atoms with van der Waals surface area (Å²) in [6.45, 7) is 3.11. The van der Waals surface area contributed by atoms with Crippen LogP contribution in [-0.2, 0) is 17.9 Å². The Balaban J connectivity index is 1.67. The number of hydrogen-bond donors (Lipinski definition) is 0. The molecular weight excluding hydrogens is 337 g/mol. The van der Waals surface area contributed by atoms with Crippen LogP contribution in [0.15, 0.2) is 53.7 Å². The van der Waals surface area contributed by atoms with Gasteiger partial charge in [-0.15, -0.1) is 0 Å². The maximum absolute atomic E-state index is 13.7. The van der Waals surface area contributed by atoms with E-state index in [2.05, 4.69) is 16.5 Å². The number of fused-ring (bicyclic) bond motifs is 1. The van der Waals surface area contributed by atoms with E-state index in [1.165, 1.54) is 17.8 Å². The van der Waals surface area contributed by atoms with Gasteiger partial charge in [-0.25, -0.2) is 9.37 Å². The largest absolute Gasteiger partial charge is 0.341 e. The number of benzene rings is 2. The lowest BCUT2D eigenvalue weighted by Crippen LogP contribution is -2.28. The molecule has 3 rings (SSSR count). The normalized spacial score (nSPS) is 11.0. The van der Waals surface area contributed by atoms with Crippen molar-refractivity contribution in [2.24, 2.45) is 0 Å². The Morgan fingerprint density at radius 1 is 1.20 bits per heavy atom. The zero-order valence-electron chi connectivity index (χ0n) is 14.3. The second-order valence-corrected chi connectivity index (χ2v) is 6.70. The first-order valence-electron chi connectivity index (χ1n) is 8.15. The van der Waals surface area contributed by atoms with E-state index in [1.54, 1.807) is 30.1 Å². The summed E-state index contributed by atoms with van der Waals surface area (Å²) >= 11 is 1.42. The van der Waals surface area contributed by atoms with E-state index in [9.17, 15) is 9.18 Å². The van der Waals surface area contributed by atoms with E-state index in [-0.39, 0.29) is 24.0 Å². The molecule has 0 unspecified atom stereocenters. The van der Waals surface area contributed by atoms with Crippen molar-refractivity contribution in [2.75, 3.05) is 12.8 Å². The van der Waals surface area contributed by atoms with Crippen molar-refractivity contribution in [3.05, 3.63) is 59.9 Å². The Bertz CT molecular complexity index is 893. The highest BCUT2D eigenvalue weighted by Gasteiger charge is 2.15. The lowest BCUT2D eigenvalue weighted by molar-refractivity contribution is -0.127. The highest BCUT2D eigenvalue weighted by Crippen LogP contribution is 2.24. The number of imidazole rings is 1. The number of thioether (sulfide) groups is 1. The van der Waals surface area contributed by atoms with Crippen LogP contribution < -0.4 is 0 Å². The maximum Gasteiger partial charge on any atom is 0.233 e. The summed E-state index contributed by atoms with van der Waals surface area (Å²) in [7, 11) is 1.69. The Hall–Kier alpha value is -2.34. The molecule has 0 saturated heterocycles. The van der Waals surface area contributed by atoms with Gasteiger partial charge in [0.25, 0.3) is 0 Å². The quantitative estimate of drug-likeness (QED) is 0.627. The molecule has 0 aliphatic carbocycles. The van der Waals surface area contributed by atoms with Crippen LogP contribution >= 0.6 is 11.8 Å². The Labute approximate surface area is 150 Å². The lowest BCUT2D eigenvalue weighted by Gasteiger charge is -2.17. The highest BCUT2D eigenvalue weighted by molar-refractivity contribution is 7.99. The number of carbonyl (C=O) groups is 1. The van der Waals surface area contributed by atoms with Gasteiger partial charge in [-0.2, -0.15) is 0 Å². The van der Waals surface area contributed by atoms with Gasteiger partial charge in [-0.1, -0.05) is 42.1 Å². The molecule has 0 saturated carbocycles. The molecule has 0 aliphatic rings. The molecule has 3 aromatic rings. The van der Waals surface area contributed by atoms with Gasteiger partial charge in [0, 0.05) is 25.7 Å². The maximum atomic E-state index is 13.7. The summed E-state index contributed by atoms with van der Waals surface area (Å²) in [6, 6.07) is 14.5. The second-order valence-electron chi connectivity index (χ2n) is 5.76. The van der Waals surface area contributed by atoms with Crippen molar-refractivity contribution in [3.63, 3.8) is 0 Å². The van der Waals surface area contributed by atoms with Crippen LogP contribution in [0.2, 0.25) is 0 Å². The van der Waals surface area contributed by atoms with Gasteiger partial charge in [-0.3, -0.25) is 4.79 Å². The molecule has 0 fully saturated rings. The molecule has 0 N–H and O–H groups in total. The predicted molar refractivity (Wildman–Crippen MR) is 99.0 cm³/mol. The fourth-order valence-corrected chi connectivity index (χ4v) is 3.70. The van der Waals surface area contributed by atoms with Crippen LogP contribution in [0, 0.1) is 5.82 Å². The average Bonchev–Trinajstić information content (AvgIpc) is 2.99. The monoisotopic (exact) mass is 357 g/mol. The Kier molecular flexibility index (Phi) is 5.38. The molecule has 6 heteroatoms. The number of nitrogens with zero attached hydrogens (tertiary/aromatic N) is 3. The predicted octanol–water partition coefficient (Wildman–Crippen LogP) is 3.95. The molecule has 130 valence electrons. The molecule has 1 aromatic heterocycles. The third-order valence-electron chi connectivity index (χ3n) is 4.05. The number of aromatic nitrogens is 2. The zero-order valence-corrected chi connectivity index (χ0v) is 15.1. The average molecular weight is 357 g/mol. The Morgan fingerprint density at radius 3 is 2.68 bits per heavy atom. The van der Waals surface area contributed by atoms with Crippen LogP contribution in [-0.4, -0.2) is 33.2 Å². The molecule has 2 aromatic carbocycles. The third kappa shape index (κ3) is 3.85. The van der Waals surface area contributed by atoms with Crippen molar-refractivity contribution in [2.45, 2.75) is 25.2 Å². The van der Waals surface area contributed by atoms with E-state index < -0.39 is 0 Å². The van der Waals surface area contributed by atoms with Gasteiger partial charge in [0.05, 0.1) is 16.8 Å². The van der Waals surface area contributed by atoms with Crippen molar-refractivity contribution in [1.82, 2.24) is 14.5 Å². The van der Waals surface area contributed by atoms with Gasteiger partial charge in [0.15, 0.2) is 5.16 Å². The number of rotatable bonds is 6. The van der Waals surface area contributed by atoms with E-state index in [4.69, 9.17) is 0 Å². The number of amides is 1. The summed E-state index contributed by atoms with van der Waals surface area (Å²) in [5.74, 6) is -0.0700. The summed E-state index contributed by atoms with van der Waals surface area (Å²) in [5.41, 5.74) is 2.52. The lowest BCUT2D eigenvalue weighted by atomic mass is 10.2. The van der Waals surface area contributed by atoms with E-state index in [0.29, 0.717) is 5.56 Å². The smallest absolute Gasteiger partial charge is 0.233 e. The number of hydrogen-bond acceptors (Lipinski definition) is 3. The first-order chi connectivity index (χ1) is 12.1. The molecule has 25 heavy (non-hydrogen) atoms. The molecule has 0 radical (unpaired) electrons. The van der Waals surface area contributed by atoms with Gasteiger partial charge < -0.3 is 9.47 Å². The topological polar surface area (TPSA) is 38.1 Å². The first-order valence-corrected chi connectivity index (χ1v) is 9.14. The van der Waals surface area contributed by atoms with Crippen LogP contribution in [0.25, 0.3) is 11.0 Å². The van der Waals surface area contributed by atoms with Gasteiger partial charge in [0.1, 0.15) is 5.82 Å². The number of halogens is 1. The number of aryl methyl sites for hydroxylation is 1. The summed E-state index contributed by atoms with van der Waals surface area (Å²) < 4.78 is 15.8. The fraction of sp³-hybridized carbons (Fsp3) is 0.263. The van der Waals surface area contributed by atoms with Gasteiger partial charge >= 0.3 is 0 Å². The molecule has 0 atom stereocenters. The number of carbonyl (C=O) groups excluding carboxylic acids is 1. The molecule has 0 spiro atoms. The van der Waals surface area contributed by atoms with E-state index in [1.807, 2.05) is 24.3 Å². The van der Waals surface area contributed by atoms with Crippen LogP contribution in [0.1, 0.15) is 12.5 Å². The molecule has 1 amide bonds. The molecule has 0 bridgehead atoms. The van der Waals surface area contributed by atoms with Crippen molar-refractivity contribution >= 4 is 28.7 Å². The minimum Gasteiger partial charge on any atom is -0.341 e. The summed E-state index contributed by atoms with van der Waals surface area (Å²) in [6.07, 6.45) is 0. The van der Waals surface area contributed by atoms with E-state index >= 15 is 0 Å². The molecular formula is C19H20FN3OS. The van der Waals surface area contributed by atoms with Crippen LogP contribution in [0.5, 0.6) is 0 Å². The summed E-state index contributed by atoms with van der Waals surface area (Å²) in [4.78, 5) is 18.5. The Morgan fingerprint density at radius 2 is 1.92 bits per heavy atom. The SMILES string of the molecule is CCn1c(SCC(=O)N(C)Cc2ccccc2F)nc2ccccc21. The fourth-order valence-electron chi connectivity index (χ4n) is 2.68. The van der Waals surface area contributed by atoms with E-state index in [0.717, 1.165) is 22.7 Å². The summed E-state index contributed by atoms with van der Waals surface area (Å²) in [5, 5.41) is 0.830.